The first-order valence-electron chi connectivity index (χ1n) is 8.53. The van der Waals surface area contributed by atoms with Gasteiger partial charge in [0.15, 0.2) is 5.78 Å². The molecule has 0 radical (unpaired) electrons. The SMILES string of the molecule is O=C1[C@@H](O)OCCCC1(Cc1ccc(Cl)cc1Cl)Cc1ccc(Cl)cc1Cl. The molecule has 1 aliphatic heterocycles. The molecular formula is C20H18Cl4O3. The molecule has 144 valence electrons. The summed E-state index contributed by atoms with van der Waals surface area (Å²) in [5.74, 6) is -0.364. The van der Waals surface area contributed by atoms with Gasteiger partial charge in [0.25, 0.3) is 0 Å². The van der Waals surface area contributed by atoms with E-state index in [-0.39, 0.29) is 5.78 Å². The number of aliphatic hydroxyl groups excluding tert-OH is 1. The van der Waals surface area contributed by atoms with Crippen LogP contribution in [0.2, 0.25) is 20.1 Å². The summed E-state index contributed by atoms with van der Waals surface area (Å²) in [6, 6.07) is 10.4. The second kappa shape index (κ2) is 8.69. The monoisotopic (exact) mass is 446 g/mol. The Morgan fingerprint density at radius 1 is 0.963 bits per heavy atom. The minimum atomic E-state index is -1.47. The van der Waals surface area contributed by atoms with Gasteiger partial charge in [-0.3, -0.25) is 4.79 Å². The summed E-state index contributed by atoms with van der Waals surface area (Å²) in [5.41, 5.74) is 0.674. The van der Waals surface area contributed by atoms with Gasteiger partial charge in [-0.25, -0.2) is 0 Å². The smallest absolute Gasteiger partial charge is 0.215 e. The molecule has 1 heterocycles. The van der Waals surface area contributed by atoms with E-state index in [1.165, 1.54) is 0 Å². The molecular weight excluding hydrogens is 430 g/mol. The maximum absolute atomic E-state index is 13.1. The van der Waals surface area contributed by atoms with Gasteiger partial charge >= 0.3 is 0 Å². The standard InChI is InChI=1S/C20H18Cl4O3/c21-14-4-2-12(16(23)8-14)10-20(6-1-7-27-19(26)18(20)25)11-13-3-5-15(22)9-17(13)24/h2-5,8-9,19,26H,1,6-7,10-11H2/t19-/m0/s1. The highest BCUT2D eigenvalue weighted by Crippen LogP contribution is 2.40. The molecule has 0 saturated carbocycles. The number of hydrogen-bond donors (Lipinski definition) is 1. The largest absolute Gasteiger partial charge is 0.362 e. The number of aliphatic hydroxyl groups is 1. The molecule has 0 aromatic heterocycles. The van der Waals surface area contributed by atoms with Gasteiger partial charge in [-0.2, -0.15) is 0 Å². The van der Waals surface area contributed by atoms with E-state index in [1.54, 1.807) is 36.4 Å². The first kappa shape index (κ1) is 20.9. The lowest BCUT2D eigenvalue weighted by Gasteiger charge is -2.33. The van der Waals surface area contributed by atoms with Gasteiger partial charge in [0.1, 0.15) is 0 Å². The molecule has 0 amide bonds. The fourth-order valence-corrected chi connectivity index (χ4v) is 4.49. The van der Waals surface area contributed by atoms with Crippen LogP contribution in [-0.4, -0.2) is 23.8 Å². The summed E-state index contributed by atoms with van der Waals surface area (Å²) in [5, 5.41) is 12.2. The number of benzene rings is 2. The van der Waals surface area contributed by atoms with Crippen molar-refractivity contribution >= 4 is 52.2 Å². The van der Waals surface area contributed by atoms with Gasteiger partial charge in [0, 0.05) is 25.5 Å². The summed E-state index contributed by atoms with van der Waals surface area (Å²) in [6.07, 6.45) is 0.410. The molecule has 1 saturated heterocycles. The van der Waals surface area contributed by atoms with Crippen LogP contribution in [0.25, 0.3) is 0 Å². The van der Waals surface area contributed by atoms with E-state index in [9.17, 15) is 9.90 Å². The van der Waals surface area contributed by atoms with Crippen LogP contribution in [0.4, 0.5) is 0 Å². The topological polar surface area (TPSA) is 46.5 Å². The zero-order chi connectivity index (χ0) is 19.6. The van der Waals surface area contributed by atoms with Gasteiger partial charge in [-0.15, -0.1) is 0 Å². The molecule has 0 unspecified atom stereocenters. The first-order valence-corrected chi connectivity index (χ1v) is 10.0. The second-order valence-corrected chi connectivity index (χ2v) is 8.48. The summed E-state index contributed by atoms with van der Waals surface area (Å²) >= 11 is 24.7. The number of rotatable bonds is 4. The van der Waals surface area contributed by atoms with Crippen molar-refractivity contribution in [1.29, 1.82) is 0 Å². The van der Waals surface area contributed by atoms with Crippen LogP contribution in [-0.2, 0) is 22.4 Å². The Balaban J connectivity index is 2.03. The Hall–Kier alpha value is -0.810. The number of ether oxygens (including phenoxy) is 1. The number of hydrogen-bond acceptors (Lipinski definition) is 3. The average molecular weight is 448 g/mol. The van der Waals surface area contributed by atoms with Crippen molar-refractivity contribution in [1.82, 2.24) is 0 Å². The highest BCUT2D eigenvalue weighted by molar-refractivity contribution is 6.35. The molecule has 1 N–H and O–H groups in total. The third-order valence-electron chi connectivity index (χ3n) is 4.91. The number of ketones is 1. The van der Waals surface area contributed by atoms with E-state index in [1.807, 2.05) is 0 Å². The van der Waals surface area contributed by atoms with Gasteiger partial charge in [-0.1, -0.05) is 58.5 Å². The van der Waals surface area contributed by atoms with Crippen molar-refractivity contribution in [3.8, 4) is 0 Å². The second-order valence-electron chi connectivity index (χ2n) is 6.80. The Kier molecular flexibility index (Phi) is 6.73. The lowest BCUT2D eigenvalue weighted by atomic mass is 9.70. The van der Waals surface area contributed by atoms with Crippen molar-refractivity contribution in [2.24, 2.45) is 5.41 Å². The quantitative estimate of drug-likeness (QED) is 0.646. The molecule has 1 aliphatic rings. The normalized spacial score (nSPS) is 19.7. The van der Waals surface area contributed by atoms with Crippen LogP contribution >= 0.6 is 46.4 Å². The molecule has 2 aromatic carbocycles. The maximum atomic E-state index is 13.1. The molecule has 27 heavy (non-hydrogen) atoms. The predicted molar refractivity (Wildman–Crippen MR) is 109 cm³/mol. The van der Waals surface area contributed by atoms with E-state index < -0.39 is 11.7 Å². The van der Waals surface area contributed by atoms with Gasteiger partial charge in [0.05, 0.1) is 6.61 Å². The highest BCUT2D eigenvalue weighted by atomic mass is 35.5. The number of Topliss-reactive ketones (excluding diaryl/α,β-unsaturated/α-hetero) is 1. The third-order valence-corrected chi connectivity index (χ3v) is 6.08. The average Bonchev–Trinajstić information content (AvgIpc) is 2.74. The zero-order valence-corrected chi connectivity index (χ0v) is 17.4. The van der Waals surface area contributed by atoms with Crippen LogP contribution in [0, 0.1) is 5.41 Å². The molecule has 0 spiro atoms. The van der Waals surface area contributed by atoms with E-state index in [0.29, 0.717) is 52.4 Å². The predicted octanol–water partition coefficient (Wildman–Crippen LogP) is 5.77. The zero-order valence-electron chi connectivity index (χ0n) is 14.4. The molecule has 0 aliphatic carbocycles. The Labute approximate surface area is 178 Å². The van der Waals surface area contributed by atoms with E-state index in [0.717, 1.165) is 11.1 Å². The summed E-state index contributed by atoms with van der Waals surface area (Å²) in [6.45, 7) is 0.317. The summed E-state index contributed by atoms with van der Waals surface area (Å²) in [4.78, 5) is 13.1. The molecule has 1 fully saturated rings. The van der Waals surface area contributed by atoms with Crippen LogP contribution in [0.5, 0.6) is 0 Å². The Morgan fingerprint density at radius 2 is 1.48 bits per heavy atom. The molecule has 2 aromatic rings. The summed E-state index contributed by atoms with van der Waals surface area (Å²) < 4.78 is 5.24. The minimum Gasteiger partial charge on any atom is -0.362 e. The van der Waals surface area contributed by atoms with Crippen molar-refractivity contribution in [3.05, 3.63) is 67.6 Å². The molecule has 1 atom stereocenters. The van der Waals surface area contributed by atoms with Crippen LogP contribution in [0.3, 0.4) is 0 Å². The summed E-state index contributed by atoms with van der Waals surface area (Å²) in [7, 11) is 0. The lowest BCUT2D eigenvalue weighted by molar-refractivity contribution is -0.161. The van der Waals surface area contributed by atoms with Gasteiger partial charge in [-0.05, 0) is 61.1 Å². The fourth-order valence-electron chi connectivity index (χ4n) is 3.54. The molecule has 7 heteroatoms. The number of halogens is 4. The van der Waals surface area contributed by atoms with Crippen LogP contribution in [0.1, 0.15) is 24.0 Å². The van der Waals surface area contributed by atoms with E-state index in [2.05, 4.69) is 0 Å². The van der Waals surface area contributed by atoms with Crippen LogP contribution < -0.4 is 0 Å². The lowest BCUT2D eigenvalue weighted by Crippen LogP contribution is -2.42. The molecule has 3 rings (SSSR count). The molecule has 0 bridgehead atoms. The maximum Gasteiger partial charge on any atom is 0.215 e. The Bertz CT molecular complexity index is 800. The van der Waals surface area contributed by atoms with Crippen molar-refractivity contribution in [2.75, 3.05) is 6.61 Å². The fraction of sp³-hybridized carbons (Fsp3) is 0.350. The van der Waals surface area contributed by atoms with Gasteiger partial charge < -0.3 is 9.84 Å². The van der Waals surface area contributed by atoms with Crippen LogP contribution in [0.15, 0.2) is 36.4 Å². The third kappa shape index (κ3) is 4.79. The number of carbonyl (C=O) groups is 1. The van der Waals surface area contributed by atoms with Crippen molar-refractivity contribution in [3.63, 3.8) is 0 Å². The van der Waals surface area contributed by atoms with E-state index in [4.69, 9.17) is 51.1 Å². The Morgan fingerprint density at radius 3 is 1.96 bits per heavy atom. The number of carbonyl (C=O) groups excluding carboxylic acids is 1. The van der Waals surface area contributed by atoms with E-state index >= 15 is 0 Å². The minimum absolute atomic E-state index is 0.317. The van der Waals surface area contributed by atoms with Crippen molar-refractivity contribution in [2.45, 2.75) is 32.0 Å². The van der Waals surface area contributed by atoms with Gasteiger partial charge in [0.2, 0.25) is 6.29 Å². The molecule has 3 nitrogen and oxygen atoms in total. The first-order chi connectivity index (χ1) is 12.8. The highest BCUT2D eigenvalue weighted by Gasteiger charge is 2.44. The van der Waals surface area contributed by atoms with Crippen molar-refractivity contribution < 1.29 is 14.6 Å².